The number of rotatable bonds is 4. The van der Waals surface area contributed by atoms with Gasteiger partial charge in [-0.05, 0) is 0 Å². The van der Waals surface area contributed by atoms with E-state index < -0.39 is 16.5 Å². The maximum absolute atomic E-state index is 3.21. The molecule has 0 saturated heterocycles. The topological polar surface area (TPSA) is 18.5 Å². The summed E-state index contributed by atoms with van der Waals surface area (Å²) >= 11 is 0. The zero-order valence-corrected chi connectivity index (χ0v) is 12.4. The number of hydrogen-bond acceptors (Lipinski definition) is 3. The summed E-state index contributed by atoms with van der Waals surface area (Å²) in [4.78, 5) is 0. The Morgan fingerprint density at radius 3 is 1.23 bits per heavy atom. The van der Waals surface area contributed by atoms with Crippen LogP contribution in [0.5, 0.6) is 0 Å². The molecule has 0 aliphatic carbocycles. The molecule has 0 fully saturated rings. The van der Waals surface area contributed by atoms with E-state index in [0.717, 1.165) is 0 Å². The highest BCUT2D eigenvalue weighted by Gasteiger charge is 2.36. The summed E-state index contributed by atoms with van der Waals surface area (Å²) in [5, 5.41) is 2.17. The van der Waals surface area contributed by atoms with Gasteiger partial charge < -0.3 is 0 Å². The van der Waals surface area contributed by atoms with E-state index >= 15 is 0 Å². The lowest BCUT2D eigenvalue weighted by Crippen LogP contribution is -2.67. The minimum Gasteiger partial charge on any atom is -0.271 e. The first-order valence-electron chi connectivity index (χ1n) is 4.82. The fraction of sp³-hybridized carbons (Fsp3) is 1.00. The average molecular weight is 219 g/mol. The van der Waals surface area contributed by atoms with E-state index in [2.05, 4.69) is 61.2 Å². The van der Waals surface area contributed by atoms with Gasteiger partial charge in [0.1, 0.15) is 16.5 Å². The highest BCUT2D eigenvalue weighted by atomic mass is 28.4. The van der Waals surface area contributed by atoms with Crippen LogP contribution in [0.1, 0.15) is 0 Å². The summed E-state index contributed by atoms with van der Waals surface area (Å²) < 4.78 is 2.60. The summed E-state index contributed by atoms with van der Waals surface area (Å²) in [5.41, 5.74) is 3.21. The zero-order valence-electron chi connectivity index (χ0n) is 10.4. The van der Waals surface area contributed by atoms with Crippen molar-refractivity contribution >= 4 is 16.5 Å². The molecule has 0 aromatic heterocycles. The summed E-state index contributed by atoms with van der Waals surface area (Å²) in [7, 11) is 1.59. The molecule has 0 atom stereocenters. The Morgan fingerprint density at radius 1 is 0.846 bits per heavy atom. The third-order valence-corrected chi connectivity index (χ3v) is 9.06. The first-order valence-corrected chi connectivity index (χ1v) is 11.7. The highest BCUT2D eigenvalue weighted by molar-refractivity contribution is 6.89. The maximum atomic E-state index is 3.21. The standard InChI is InChI=1S/C8H25N3Si2/c1-9-10(2)11(12(3,4)5)13(6,7)8/h9H,1-8H3. The van der Waals surface area contributed by atoms with Gasteiger partial charge in [-0.3, -0.25) is 4.34 Å². The molecule has 80 valence electrons. The number of nitrogens with one attached hydrogen (secondary N) is 1. The van der Waals surface area contributed by atoms with Gasteiger partial charge in [0, 0.05) is 14.1 Å². The van der Waals surface area contributed by atoms with Crippen LogP contribution in [0.15, 0.2) is 0 Å². The average Bonchev–Trinajstić information content (AvgIpc) is 1.80. The van der Waals surface area contributed by atoms with Crippen molar-refractivity contribution in [1.29, 1.82) is 0 Å². The van der Waals surface area contributed by atoms with Crippen molar-refractivity contribution < 1.29 is 0 Å². The van der Waals surface area contributed by atoms with Crippen LogP contribution >= 0.6 is 0 Å². The van der Waals surface area contributed by atoms with Crippen molar-refractivity contribution in [3.8, 4) is 0 Å². The molecule has 0 bridgehead atoms. The first kappa shape index (κ1) is 13.3. The molecule has 0 spiro atoms. The third-order valence-electron chi connectivity index (χ3n) is 1.89. The van der Waals surface area contributed by atoms with Gasteiger partial charge in [-0.15, -0.1) is 0 Å². The van der Waals surface area contributed by atoms with Crippen LogP contribution < -0.4 is 5.43 Å². The minimum atomic E-state index is -1.25. The van der Waals surface area contributed by atoms with Crippen LogP contribution in [0.4, 0.5) is 0 Å². The summed E-state index contributed by atoms with van der Waals surface area (Å²) in [6.45, 7) is 14.3. The predicted octanol–water partition coefficient (Wildman–Crippen LogP) is 1.94. The molecule has 5 heteroatoms. The third kappa shape index (κ3) is 3.91. The second-order valence-corrected chi connectivity index (χ2v) is 15.4. The van der Waals surface area contributed by atoms with Crippen LogP contribution in [0.2, 0.25) is 39.3 Å². The van der Waals surface area contributed by atoms with Crippen molar-refractivity contribution in [2.75, 3.05) is 14.1 Å². The first-order chi connectivity index (χ1) is 5.60. The van der Waals surface area contributed by atoms with Gasteiger partial charge >= 0.3 is 0 Å². The molecule has 0 rings (SSSR count). The summed E-state index contributed by atoms with van der Waals surface area (Å²) in [6, 6.07) is 0. The Labute approximate surface area is 85.2 Å². The summed E-state index contributed by atoms with van der Waals surface area (Å²) in [5.74, 6) is 0. The monoisotopic (exact) mass is 219 g/mol. The van der Waals surface area contributed by atoms with Gasteiger partial charge in [0.15, 0.2) is 0 Å². The Morgan fingerprint density at radius 2 is 1.15 bits per heavy atom. The van der Waals surface area contributed by atoms with Crippen LogP contribution in [0.25, 0.3) is 0 Å². The fourth-order valence-electron chi connectivity index (χ4n) is 2.01. The molecule has 3 nitrogen and oxygen atoms in total. The smallest absolute Gasteiger partial charge is 0.129 e. The molecular weight excluding hydrogens is 194 g/mol. The SMILES string of the molecule is CNN(C)N([Si](C)(C)C)[Si](C)(C)C. The normalized spacial score (nSPS) is 14.3. The highest BCUT2D eigenvalue weighted by Crippen LogP contribution is 2.19. The predicted molar refractivity (Wildman–Crippen MR) is 65.4 cm³/mol. The lowest BCUT2D eigenvalue weighted by Gasteiger charge is -2.48. The molecule has 1 N–H and O–H groups in total. The van der Waals surface area contributed by atoms with Crippen LogP contribution in [-0.4, -0.2) is 40.0 Å². The van der Waals surface area contributed by atoms with Crippen molar-refractivity contribution in [2.45, 2.75) is 39.3 Å². The van der Waals surface area contributed by atoms with Crippen LogP contribution in [-0.2, 0) is 0 Å². The number of nitrogens with zero attached hydrogens (tertiary/aromatic N) is 2. The van der Waals surface area contributed by atoms with E-state index in [9.17, 15) is 0 Å². The molecule has 13 heavy (non-hydrogen) atoms. The fourth-order valence-corrected chi connectivity index (χ4v) is 12.1. The van der Waals surface area contributed by atoms with Gasteiger partial charge in [-0.1, -0.05) is 39.3 Å². The lowest BCUT2D eigenvalue weighted by molar-refractivity contribution is 0.101. The Bertz CT molecular complexity index is 146. The van der Waals surface area contributed by atoms with Crippen LogP contribution in [0, 0.1) is 0 Å². The minimum absolute atomic E-state index is 1.25. The maximum Gasteiger partial charge on any atom is 0.129 e. The van der Waals surface area contributed by atoms with Crippen molar-refractivity contribution in [2.24, 2.45) is 0 Å². The van der Waals surface area contributed by atoms with E-state index in [1.165, 1.54) is 0 Å². The van der Waals surface area contributed by atoms with Gasteiger partial charge in [-0.2, -0.15) is 5.12 Å². The Kier molecular flexibility index (Phi) is 4.33. The molecule has 0 aromatic carbocycles. The number of hydrazine groups is 2. The molecule has 0 radical (unpaired) electrons. The van der Waals surface area contributed by atoms with Crippen molar-refractivity contribution in [3.63, 3.8) is 0 Å². The quantitative estimate of drug-likeness (QED) is 0.576. The lowest BCUT2D eigenvalue weighted by atomic mass is 11.3. The molecule has 0 amide bonds. The molecule has 0 aromatic rings. The molecular formula is C8H25N3Si2. The van der Waals surface area contributed by atoms with Crippen LogP contribution in [0.3, 0.4) is 0 Å². The van der Waals surface area contributed by atoms with E-state index in [1.54, 1.807) is 0 Å². The number of hydrogen-bond donors (Lipinski definition) is 1. The Balaban J connectivity index is 4.78. The second-order valence-electron chi connectivity index (χ2n) is 5.40. The van der Waals surface area contributed by atoms with Gasteiger partial charge in [-0.25, -0.2) is 5.43 Å². The molecule has 0 aliphatic rings. The van der Waals surface area contributed by atoms with Gasteiger partial charge in [0.2, 0.25) is 0 Å². The molecule has 0 saturated carbocycles. The summed E-state index contributed by atoms with van der Waals surface area (Å²) in [6.07, 6.45) is 0. The van der Waals surface area contributed by atoms with Gasteiger partial charge in [0.25, 0.3) is 0 Å². The van der Waals surface area contributed by atoms with Gasteiger partial charge in [0.05, 0.1) is 0 Å². The van der Waals surface area contributed by atoms with E-state index in [1.807, 2.05) is 7.05 Å². The van der Waals surface area contributed by atoms with E-state index in [-0.39, 0.29) is 0 Å². The van der Waals surface area contributed by atoms with Crippen molar-refractivity contribution in [1.82, 2.24) is 14.9 Å². The molecule has 0 unspecified atom stereocenters. The molecule has 0 aliphatic heterocycles. The largest absolute Gasteiger partial charge is 0.271 e. The zero-order chi connectivity index (χ0) is 10.9. The second kappa shape index (κ2) is 4.23. The van der Waals surface area contributed by atoms with E-state index in [0.29, 0.717) is 0 Å². The molecule has 0 heterocycles. The van der Waals surface area contributed by atoms with E-state index in [4.69, 9.17) is 0 Å². The Hall–Kier alpha value is 0.314. The van der Waals surface area contributed by atoms with Crippen molar-refractivity contribution in [3.05, 3.63) is 0 Å².